The molecule has 1 fully saturated rings. The van der Waals surface area contributed by atoms with Gasteiger partial charge in [0.2, 0.25) is 0 Å². The number of rotatable bonds is 2. The van der Waals surface area contributed by atoms with Crippen molar-refractivity contribution in [3.63, 3.8) is 0 Å². The van der Waals surface area contributed by atoms with Crippen LogP contribution in [0.4, 0.5) is 0 Å². The van der Waals surface area contributed by atoms with Crippen molar-refractivity contribution in [3.05, 3.63) is 0 Å². The molecule has 0 amide bonds. The molecule has 1 unspecified atom stereocenters. The molecule has 2 nitrogen and oxygen atoms in total. The Kier molecular flexibility index (Phi) is 2.29. The summed E-state index contributed by atoms with van der Waals surface area (Å²) in [5.74, 6) is 1.77. The van der Waals surface area contributed by atoms with Crippen molar-refractivity contribution in [2.45, 2.75) is 17.7 Å². The van der Waals surface area contributed by atoms with E-state index in [9.17, 15) is 4.79 Å². The van der Waals surface area contributed by atoms with E-state index in [1.807, 2.05) is 0 Å². The Morgan fingerprint density at radius 3 is 2.58 bits per heavy atom. The lowest BCUT2D eigenvalue weighted by Crippen LogP contribution is -2.21. The second-order valence-electron chi connectivity index (χ2n) is 2.99. The largest absolute Gasteiger partial charge is 0.452 e. The van der Waals surface area contributed by atoms with E-state index in [2.05, 4.69) is 5.92 Å². The van der Waals surface area contributed by atoms with E-state index in [-0.39, 0.29) is 6.61 Å². The maximum absolute atomic E-state index is 11.2. The Balaban J connectivity index is 2.52. The summed E-state index contributed by atoms with van der Waals surface area (Å²) < 4.78 is 3.74. The van der Waals surface area contributed by atoms with Crippen molar-refractivity contribution >= 4 is 29.2 Å². The summed E-state index contributed by atoms with van der Waals surface area (Å²) >= 11 is 11.5. The number of ether oxygens (including phenoxy) is 1. The second kappa shape index (κ2) is 2.83. The molecule has 1 aliphatic rings. The highest BCUT2D eigenvalue weighted by molar-refractivity contribution is 6.53. The maximum Gasteiger partial charge on any atom is 0.315 e. The quantitative estimate of drug-likeness (QED) is 0.391. The molecule has 1 rings (SSSR count). The lowest BCUT2D eigenvalue weighted by Gasteiger charge is -2.09. The van der Waals surface area contributed by atoms with Crippen LogP contribution in [0.15, 0.2) is 0 Å². The van der Waals surface area contributed by atoms with Crippen LogP contribution in [0.5, 0.6) is 0 Å². The van der Waals surface area contributed by atoms with E-state index in [4.69, 9.17) is 34.4 Å². The first-order chi connectivity index (χ1) is 5.44. The molecule has 0 aromatic rings. The summed E-state index contributed by atoms with van der Waals surface area (Å²) in [6.45, 7) is 1.63. The van der Waals surface area contributed by atoms with Crippen LogP contribution in [-0.2, 0) is 9.53 Å². The minimum atomic E-state index is -0.974. The van der Waals surface area contributed by atoms with Gasteiger partial charge in [-0.25, -0.2) is 0 Å². The lowest BCUT2D eigenvalue weighted by molar-refractivity contribution is -0.148. The zero-order chi connectivity index (χ0) is 9.41. The molecule has 0 N–H and O–H groups in total. The molecule has 0 aliphatic heterocycles. The minimum Gasteiger partial charge on any atom is -0.452 e. The van der Waals surface area contributed by atoms with Crippen LogP contribution in [0.3, 0.4) is 0 Å². The molecule has 0 heterocycles. The summed E-state index contributed by atoms with van der Waals surface area (Å²) in [5, 5.41) is 0. The van der Waals surface area contributed by atoms with Gasteiger partial charge in [-0.3, -0.25) is 4.79 Å². The number of esters is 1. The first kappa shape index (κ1) is 9.70. The standard InChI is InChI=1S/C8H8Cl2O2/c1-3-4-12-6(11)7(2)5-8(7,9)10/h1H,4-5H2,2H3. The SMILES string of the molecule is C#CCOC(=O)C1(C)CC1(Cl)Cl. The first-order valence-corrected chi connectivity index (χ1v) is 4.18. The van der Waals surface area contributed by atoms with E-state index >= 15 is 0 Å². The van der Waals surface area contributed by atoms with Crippen molar-refractivity contribution in [2.75, 3.05) is 6.61 Å². The average molecular weight is 207 g/mol. The fourth-order valence-electron chi connectivity index (χ4n) is 0.888. The zero-order valence-electron chi connectivity index (χ0n) is 6.56. The molecule has 0 bridgehead atoms. The molecule has 4 heteroatoms. The maximum atomic E-state index is 11.2. The molecule has 12 heavy (non-hydrogen) atoms. The lowest BCUT2D eigenvalue weighted by atomic mass is 10.1. The van der Waals surface area contributed by atoms with Crippen LogP contribution in [0.2, 0.25) is 0 Å². The van der Waals surface area contributed by atoms with E-state index < -0.39 is 15.7 Å². The number of alkyl halides is 2. The Morgan fingerprint density at radius 2 is 2.25 bits per heavy atom. The zero-order valence-corrected chi connectivity index (χ0v) is 8.08. The van der Waals surface area contributed by atoms with E-state index in [1.165, 1.54) is 0 Å². The first-order valence-electron chi connectivity index (χ1n) is 3.42. The van der Waals surface area contributed by atoms with Crippen LogP contribution in [0.25, 0.3) is 0 Å². The van der Waals surface area contributed by atoms with Gasteiger partial charge >= 0.3 is 5.97 Å². The van der Waals surface area contributed by atoms with Gasteiger partial charge in [0.15, 0.2) is 6.61 Å². The van der Waals surface area contributed by atoms with Crippen molar-refractivity contribution < 1.29 is 9.53 Å². The van der Waals surface area contributed by atoms with Gasteiger partial charge in [-0.05, 0) is 6.92 Å². The fourth-order valence-corrected chi connectivity index (χ4v) is 1.58. The molecule has 0 aromatic carbocycles. The van der Waals surface area contributed by atoms with Crippen molar-refractivity contribution in [3.8, 4) is 12.3 Å². The van der Waals surface area contributed by atoms with Gasteiger partial charge in [-0.15, -0.1) is 29.6 Å². The Labute approximate surface area is 81.2 Å². The van der Waals surface area contributed by atoms with Gasteiger partial charge in [-0.1, -0.05) is 5.92 Å². The summed E-state index contributed by atoms with van der Waals surface area (Å²) in [7, 11) is 0. The van der Waals surface area contributed by atoms with Gasteiger partial charge in [0.1, 0.15) is 9.75 Å². The summed E-state index contributed by atoms with van der Waals surface area (Å²) in [6.07, 6.45) is 5.34. The molecular formula is C8H8Cl2O2. The van der Waals surface area contributed by atoms with Crippen molar-refractivity contribution in [2.24, 2.45) is 5.41 Å². The topological polar surface area (TPSA) is 26.3 Å². The number of hydrogen-bond acceptors (Lipinski definition) is 2. The highest BCUT2D eigenvalue weighted by Gasteiger charge is 2.69. The molecule has 1 saturated carbocycles. The second-order valence-corrected chi connectivity index (χ2v) is 4.48. The number of carbonyl (C=O) groups excluding carboxylic acids is 1. The molecule has 0 spiro atoms. The van der Waals surface area contributed by atoms with Gasteiger partial charge in [-0.2, -0.15) is 0 Å². The summed E-state index contributed by atoms with van der Waals surface area (Å²) in [4.78, 5) is 11.2. The molecule has 0 aromatic heterocycles. The highest BCUT2D eigenvalue weighted by atomic mass is 35.5. The van der Waals surface area contributed by atoms with Crippen LogP contribution in [0, 0.1) is 17.8 Å². The Morgan fingerprint density at radius 1 is 1.75 bits per heavy atom. The molecule has 66 valence electrons. The summed E-state index contributed by atoms with van der Waals surface area (Å²) in [6, 6.07) is 0. The van der Waals surface area contributed by atoms with Crippen molar-refractivity contribution in [1.82, 2.24) is 0 Å². The van der Waals surface area contributed by atoms with E-state index in [1.54, 1.807) is 6.92 Å². The number of halogens is 2. The molecule has 1 aliphatic carbocycles. The van der Waals surface area contributed by atoms with Gasteiger partial charge in [0.05, 0.1) is 0 Å². The van der Waals surface area contributed by atoms with Crippen molar-refractivity contribution in [1.29, 1.82) is 0 Å². The minimum absolute atomic E-state index is 0.0295. The third kappa shape index (κ3) is 1.39. The normalized spacial score (nSPS) is 30.5. The number of hydrogen-bond donors (Lipinski definition) is 0. The average Bonchev–Trinajstić information content (AvgIpc) is 2.48. The number of terminal acetylenes is 1. The predicted molar refractivity (Wildman–Crippen MR) is 47.0 cm³/mol. The van der Waals surface area contributed by atoms with Gasteiger partial charge in [0.25, 0.3) is 0 Å². The van der Waals surface area contributed by atoms with E-state index in [0.717, 1.165) is 0 Å². The summed E-state index contributed by atoms with van der Waals surface area (Å²) in [5.41, 5.74) is -0.771. The third-order valence-corrected chi connectivity index (χ3v) is 3.10. The smallest absolute Gasteiger partial charge is 0.315 e. The highest BCUT2D eigenvalue weighted by Crippen LogP contribution is 2.64. The fraction of sp³-hybridized carbons (Fsp3) is 0.625. The molecule has 1 atom stereocenters. The Hall–Kier alpha value is -0.390. The van der Waals surface area contributed by atoms with Crippen LogP contribution in [-0.4, -0.2) is 16.9 Å². The van der Waals surface area contributed by atoms with Gasteiger partial charge < -0.3 is 4.74 Å². The molecule has 0 radical (unpaired) electrons. The monoisotopic (exact) mass is 206 g/mol. The Bertz CT molecular complexity index is 254. The molecular weight excluding hydrogens is 199 g/mol. The third-order valence-electron chi connectivity index (χ3n) is 1.99. The van der Waals surface area contributed by atoms with Crippen LogP contribution >= 0.6 is 23.2 Å². The van der Waals surface area contributed by atoms with Crippen LogP contribution < -0.4 is 0 Å². The molecule has 0 saturated heterocycles. The van der Waals surface area contributed by atoms with Crippen LogP contribution in [0.1, 0.15) is 13.3 Å². The predicted octanol–water partition coefficient (Wildman–Crippen LogP) is 1.75. The van der Waals surface area contributed by atoms with E-state index in [0.29, 0.717) is 6.42 Å². The number of carbonyl (C=O) groups is 1. The van der Waals surface area contributed by atoms with Gasteiger partial charge in [0, 0.05) is 6.42 Å².